The van der Waals surface area contributed by atoms with Crippen molar-refractivity contribution < 1.29 is 17.9 Å². The molecule has 0 fully saturated rings. The van der Waals surface area contributed by atoms with Crippen LogP contribution in [0.25, 0.3) is 0 Å². The fourth-order valence-electron chi connectivity index (χ4n) is 1.28. The van der Waals surface area contributed by atoms with Crippen molar-refractivity contribution in [2.75, 3.05) is 24.7 Å². The zero-order valence-corrected chi connectivity index (χ0v) is 10.6. The summed E-state index contributed by atoms with van der Waals surface area (Å²) in [5.74, 6) is -0.433. The predicted molar refractivity (Wildman–Crippen MR) is 64.7 cm³/mol. The first-order valence-corrected chi connectivity index (χ1v) is 6.79. The number of anilines is 1. The average molecular weight is 257 g/mol. The first-order valence-electron chi connectivity index (χ1n) is 5.13. The molecule has 1 rings (SSSR count). The molecule has 0 unspecified atom stereocenters. The number of hydrogen-bond acceptors (Lipinski definition) is 5. The molecule has 0 saturated heterocycles. The van der Waals surface area contributed by atoms with Crippen molar-refractivity contribution in [2.45, 2.75) is 11.8 Å². The van der Waals surface area contributed by atoms with Crippen LogP contribution in [0.4, 0.5) is 5.69 Å². The van der Waals surface area contributed by atoms with Crippen LogP contribution in [-0.2, 0) is 19.4 Å². The van der Waals surface area contributed by atoms with Crippen LogP contribution < -0.4 is 5.32 Å². The molecule has 1 N–H and O–H groups in total. The Bertz CT molecular complexity index is 496. The van der Waals surface area contributed by atoms with Gasteiger partial charge in [-0.15, -0.1) is 0 Å². The Kier molecular flexibility index (Phi) is 4.51. The van der Waals surface area contributed by atoms with E-state index in [1.54, 1.807) is 25.1 Å². The Labute approximate surface area is 101 Å². The third-order valence-electron chi connectivity index (χ3n) is 2.25. The second-order valence-corrected chi connectivity index (χ2v) is 5.58. The molecule has 6 heteroatoms. The molecule has 0 heterocycles. The summed E-state index contributed by atoms with van der Waals surface area (Å²) in [6.07, 6.45) is 0. The summed E-state index contributed by atoms with van der Waals surface area (Å²) in [5, 5.41) is 2.75. The van der Waals surface area contributed by atoms with Crippen LogP contribution in [0.3, 0.4) is 0 Å². The molecule has 1 aromatic rings. The maximum absolute atomic E-state index is 11.8. The zero-order valence-electron chi connectivity index (χ0n) is 9.76. The molecule has 94 valence electrons. The van der Waals surface area contributed by atoms with E-state index >= 15 is 0 Å². The van der Waals surface area contributed by atoms with Gasteiger partial charge in [-0.05, 0) is 12.1 Å². The zero-order chi connectivity index (χ0) is 12.9. The number of para-hydroxylation sites is 1. The maximum Gasteiger partial charge on any atom is 0.325 e. The predicted octanol–water partition coefficient (Wildman–Crippen LogP) is 1.07. The molecule has 0 aliphatic rings. The van der Waals surface area contributed by atoms with Crippen LogP contribution in [0.1, 0.15) is 6.92 Å². The standard InChI is InChI=1S/C11H15NO4S/c1-3-17(14,15)10-7-5-4-6-9(10)12-8-11(13)16-2/h4-7,12H,3,8H2,1-2H3. The van der Waals surface area contributed by atoms with E-state index in [-0.39, 0.29) is 17.2 Å². The minimum Gasteiger partial charge on any atom is -0.468 e. The van der Waals surface area contributed by atoms with Gasteiger partial charge in [-0.2, -0.15) is 0 Å². The molecule has 0 radical (unpaired) electrons. The highest BCUT2D eigenvalue weighted by Gasteiger charge is 2.16. The molecule has 5 nitrogen and oxygen atoms in total. The molecule has 17 heavy (non-hydrogen) atoms. The van der Waals surface area contributed by atoms with Crippen molar-refractivity contribution >= 4 is 21.5 Å². The van der Waals surface area contributed by atoms with Crippen LogP contribution in [0.2, 0.25) is 0 Å². The number of hydrogen-bond donors (Lipinski definition) is 1. The van der Waals surface area contributed by atoms with E-state index in [4.69, 9.17) is 0 Å². The number of nitrogens with one attached hydrogen (secondary N) is 1. The van der Waals surface area contributed by atoms with Gasteiger partial charge in [-0.3, -0.25) is 4.79 Å². The number of sulfone groups is 1. The molecule has 0 aromatic heterocycles. The monoisotopic (exact) mass is 257 g/mol. The first-order chi connectivity index (χ1) is 8.01. The number of ether oxygens (including phenoxy) is 1. The Hall–Kier alpha value is -1.56. The first kappa shape index (κ1) is 13.5. The number of methoxy groups -OCH3 is 1. The highest BCUT2D eigenvalue weighted by atomic mass is 32.2. The van der Waals surface area contributed by atoms with Gasteiger partial charge in [0.1, 0.15) is 6.54 Å². The van der Waals surface area contributed by atoms with Gasteiger partial charge in [0, 0.05) is 0 Å². The van der Waals surface area contributed by atoms with Crippen LogP contribution in [0, 0.1) is 0 Å². The summed E-state index contributed by atoms with van der Waals surface area (Å²) in [6, 6.07) is 6.48. The molecule has 0 saturated carbocycles. The van der Waals surface area contributed by atoms with E-state index in [0.29, 0.717) is 5.69 Å². The molecule has 0 aliphatic carbocycles. The highest BCUT2D eigenvalue weighted by molar-refractivity contribution is 7.91. The fraction of sp³-hybridized carbons (Fsp3) is 0.364. The van der Waals surface area contributed by atoms with Crippen LogP contribution in [0.15, 0.2) is 29.2 Å². The van der Waals surface area contributed by atoms with Crippen molar-refractivity contribution in [2.24, 2.45) is 0 Å². The summed E-state index contributed by atoms with van der Waals surface area (Å²) in [4.78, 5) is 11.2. The van der Waals surface area contributed by atoms with E-state index in [0.717, 1.165) is 0 Å². The Morgan fingerprint density at radius 2 is 2.00 bits per heavy atom. The Morgan fingerprint density at radius 1 is 1.35 bits per heavy atom. The van der Waals surface area contributed by atoms with Gasteiger partial charge >= 0.3 is 5.97 Å². The Balaban J connectivity index is 2.97. The van der Waals surface area contributed by atoms with Gasteiger partial charge in [-0.25, -0.2) is 8.42 Å². The lowest BCUT2D eigenvalue weighted by Crippen LogP contribution is -2.17. The van der Waals surface area contributed by atoms with Crippen LogP contribution in [0.5, 0.6) is 0 Å². The molecule has 0 amide bonds. The third kappa shape index (κ3) is 3.45. The van der Waals surface area contributed by atoms with Crippen molar-refractivity contribution in [1.82, 2.24) is 0 Å². The summed E-state index contributed by atoms with van der Waals surface area (Å²) >= 11 is 0. The lowest BCUT2D eigenvalue weighted by atomic mass is 10.3. The number of rotatable bonds is 5. The van der Waals surface area contributed by atoms with Crippen LogP contribution in [-0.4, -0.2) is 33.8 Å². The quantitative estimate of drug-likeness (QED) is 0.799. The molecule has 1 aromatic carbocycles. The summed E-state index contributed by atoms with van der Waals surface area (Å²) < 4.78 is 28.0. The van der Waals surface area contributed by atoms with Gasteiger partial charge in [0.2, 0.25) is 0 Å². The van der Waals surface area contributed by atoms with E-state index in [9.17, 15) is 13.2 Å². The molecule has 0 atom stereocenters. The lowest BCUT2D eigenvalue weighted by Gasteiger charge is -2.10. The molecule has 0 aliphatic heterocycles. The number of carbonyl (C=O) groups excluding carboxylic acids is 1. The van der Waals surface area contributed by atoms with E-state index in [1.807, 2.05) is 0 Å². The van der Waals surface area contributed by atoms with Gasteiger partial charge in [0.05, 0.1) is 23.4 Å². The fourth-order valence-corrected chi connectivity index (χ4v) is 2.35. The molecular weight excluding hydrogens is 242 g/mol. The Morgan fingerprint density at radius 3 is 2.59 bits per heavy atom. The van der Waals surface area contributed by atoms with Gasteiger partial charge < -0.3 is 10.1 Å². The SMILES string of the molecule is CCS(=O)(=O)c1ccccc1NCC(=O)OC. The summed E-state index contributed by atoms with van der Waals surface area (Å²) in [6.45, 7) is 1.51. The number of benzene rings is 1. The summed E-state index contributed by atoms with van der Waals surface area (Å²) in [7, 11) is -2.02. The average Bonchev–Trinajstić information content (AvgIpc) is 2.36. The third-order valence-corrected chi connectivity index (χ3v) is 4.04. The van der Waals surface area contributed by atoms with Gasteiger partial charge in [-0.1, -0.05) is 19.1 Å². The topological polar surface area (TPSA) is 72.5 Å². The van der Waals surface area contributed by atoms with Gasteiger partial charge in [0.25, 0.3) is 0 Å². The maximum atomic E-state index is 11.8. The second kappa shape index (κ2) is 5.67. The largest absolute Gasteiger partial charge is 0.468 e. The summed E-state index contributed by atoms with van der Waals surface area (Å²) in [5.41, 5.74) is 0.416. The van der Waals surface area contributed by atoms with Crippen molar-refractivity contribution in [3.05, 3.63) is 24.3 Å². The minimum atomic E-state index is -3.30. The van der Waals surface area contributed by atoms with E-state index < -0.39 is 15.8 Å². The second-order valence-electron chi connectivity index (χ2n) is 3.33. The van der Waals surface area contributed by atoms with E-state index in [2.05, 4.69) is 10.1 Å². The van der Waals surface area contributed by atoms with Crippen molar-refractivity contribution in [3.63, 3.8) is 0 Å². The minimum absolute atomic E-state index is 0.0178. The van der Waals surface area contributed by atoms with Crippen molar-refractivity contribution in [1.29, 1.82) is 0 Å². The molecular formula is C11H15NO4S. The van der Waals surface area contributed by atoms with E-state index in [1.165, 1.54) is 13.2 Å². The lowest BCUT2D eigenvalue weighted by molar-refractivity contribution is -0.138. The van der Waals surface area contributed by atoms with Crippen molar-refractivity contribution in [3.8, 4) is 0 Å². The van der Waals surface area contributed by atoms with Gasteiger partial charge in [0.15, 0.2) is 9.84 Å². The number of esters is 1. The number of carbonyl (C=O) groups is 1. The normalized spacial score (nSPS) is 10.9. The molecule has 0 spiro atoms. The highest BCUT2D eigenvalue weighted by Crippen LogP contribution is 2.21. The van der Waals surface area contributed by atoms with Crippen LogP contribution >= 0.6 is 0 Å². The molecule has 0 bridgehead atoms. The smallest absolute Gasteiger partial charge is 0.325 e.